The summed E-state index contributed by atoms with van der Waals surface area (Å²) in [6.45, 7) is 2.07. The molecule has 0 spiro atoms. The first-order valence-electron chi connectivity index (χ1n) is 5.51. The Morgan fingerprint density at radius 1 is 1.41 bits per heavy atom. The van der Waals surface area contributed by atoms with E-state index in [1.807, 2.05) is 0 Å². The Hall–Kier alpha value is -1.42. The maximum Gasteiger partial charge on any atom is 0.125 e. The fraction of sp³-hybridized carbons (Fsp3) is 0.333. The number of alkyl halides is 1. The minimum Gasteiger partial charge on any atom is -0.217 e. The molecule has 0 fully saturated rings. The van der Waals surface area contributed by atoms with Gasteiger partial charge in [-0.3, -0.25) is 0 Å². The van der Waals surface area contributed by atoms with E-state index in [4.69, 9.17) is 11.6 Å². The smallest absolute Gasteiger partial charge is 0.125 e. The molecule has 17 heavy (non-hydrogen) atoms. The van der Waals surface area contributed by atoms with Crippen LogP contribution in [0, 0.1) is 5.82 Å². The molecule has 0 aliphatic carbocycles. The molecule has 2 aromatic rings. The number of hydrogen-bond donors (Lipinski definition) is 0. The van der Waals surface area contributed by atoms with E-state index < -0.39 is 0 Å². The third kappa shape index (κ3) is 2.47. The van der Waals surface area contributed by atoms with Crippen LogP contribution < -0.4 is 0 Å². The van der Waals surface area contributed by atoms with Crippen molar-refractivity contribution in [2.24, 2.45) is 0 Å². The van der Waals surface area contributed by atoms with Gasteiger partial charge < -0.3 is 0 Å². The van der Waals surface area contributed by atoms with E-state index in [1.165, 1.54) is 12.1 Å². The topological polar surface area (TPSA) is 30.7 Å². The Bertz CT molecular complexity index is 510. The summed E-state index contributed by atoms with van der Waals surface area (Å²) in [6.07, 6.45) is 1.79. The molecule has 0 saturated carbocycles. The molecule has 2 rings (SSSR count). The van der Waals surface area contributed by atoms with E-state index in [2.05, 4.69) is 17.2 Å². The lowest BCUT2D eigenvalue weighted by Crippen LogP contribution is -2.03. The first-order valence-corrected chi connectivity index (χ1v) is 6.05. The van der Waals surface area contributed by atoms with Crippen LogP contribution in [0.25, 0.3) is 5.69 Å². The monoisotopic (exact) mass is 253 g/mol. The quantitative estimate of drug-likeness (QED) is 0.784. The number of aromatic nitrogens is 3. The highest BCUT2D eigenvalue weighted by Crippen LogP contribution is 2.16. The second-order valence-electron chi connectivity index (χ2n) is 3.76. The van der Waals surface area contributed by atoms with Gasteiger partial charge in [0.25, 0.3) is 0 Å². The highest BCUT2D eigenvalue weighted by atomic mass is 35.5. The zero-order chi connectivity index (χ0) is 12.3. The highest BCUT2D eigenvalue weighted by Gasteiger charge is 2.12. The van der Waals surface area contributed by atoms with Gasteiger partial charge in [0.05, 0.1) is 17.3 Å². The Kier molecular flexibility index (Phi) is 3.74. The van der Waals surface area contributed by atoms with Crippen molar-refractivity contribution in [1.29, 1.82) is 0 Å². The van der Waals surface area contributed by atoms with Crippen LogP contribution in [-0.4, -0.2) is 15.0 Å². The fourth-order valence-corrected chi connectivity index (χ4v) is 1.95. The van der Waals surface area contributed by atoms with Gasteiger partial charge >= 0.3 is 0 Å². The second-order valence-corrected chi connectivity index (χ2v) is 4.03. The molecule has 1 aromatic heterocycles. The number of nitrogens with zero attached hydrogens (tertiary/aromatic N) is 3. The maximum absolute atomic E-state index is 13.2. The lowest BCUT2D eigenvalue weighted by atomic mass is 10.2. The lowest BCUT2D eigenvalue weighted by Gasteiger charge is -2.06. The minimum atomic E-state index is -0.284. The number of benzene rings is 1. The van der Waals surface area contributed by atoms with Crippen molar-refractivity contribution in [2.75, 3.05) is 0 Å². The third-order valence-corrected chi connectivity index (χ3v) is 2.76. The molecule has 0 radical (unpaired) electrons. The Balaban J connectivity index is 2.47. The van der Waals surface area contributed by atoms with Gasteiger partial charge in [0, 0.05) is 0 Å². The summed E-state index contributed by atoms with van der Waals surface area (Å²) < 4.78 is 14.8. The number of hydrogen-bond acceptors (Lipinski definition) is 2. The molecule has 0 bridgehead atoms. The van der Waals surface area contributed by atoms with Crippen LogP contribution in [0.5, 0.6) is 0 Å². The van der Waals surface area contributed by atoms with Crippen LogP contribution in [0.15, 0.2) is 24.3 Å². The summed E-state index contributed by atoms with van der Waals surface area (Å²) in [6, 6.07) is 6.30. The average molecular weight is 254 g/mol. The Morgan fingerprint density at radius 3 is 2.88 bits per heavy atom. The van der Waals surface area contributed by atoms with Crippen molar-refractivity contribution >= 4 is 11.6 Å². The van der Waals surface area contributed by atoms with E-state index in [0.717, 1.165) is 24.2 Å². The van der Waals surface area contributed by atoms with Crippen molar-refractivity contribution in [3.63, 3.8) is 0 Å². The van der Waals surface area contributed by atoms with E-state index in [1.54, 1.807) is 16.8 Å². The summed E-state index contributed by atoms with van der Waals surface area (Å²) >= 11 is 5.81. The molecule has 1 heterocycles. The molecule has 0 unspecified atom stereocenters. The van der Waals surface area contributed by atoms with Gasteiger partial charge in [-0.15, -0.1) is 16.7 Å². The van der Waals surface area contributed by atoms with E-state index in [-0.39, 0.29) is 5.82 Å². The average Bonchev–Trinajstić information content (AvgIpc) is 2.72. The molecular formula is C12H13ClFN3. The van der Waals surface area contributed by atoms with Crippen LogP contribution in [0.3, 0.4) is 0 Å². The van der Waals surface area contributed by atoms with Crippen LogP contribution in [0.1, 0.15) is 24.7 Å². The summed E-state index contributed by atoms with van der Waals surface area (Å²) in [5, 5.41) is 8.05. The summed E-state index contributed by atoms with van der Waals surface area (Å²) in [5.41, 5.74) is 2.39. The van der Waals surface area contributed by atoms with Gasteiger partial charge in [-0.25, -0.2) is 9.07 Å². The van der Waals surface area contributed by atoms with Crippen molar-refractivity contribution in [3.8, 4) is 5.69 Å². The standard InChI is InChI=1S/C12H13ClFN3/c1-2-4-12-11(8-13)15-16-17(12)10-6-3-5-9(14)7-10/h3,5-7H,2,4,8H2,1H3. The fourth-order valence-electron chi connectivity index (χ4n) is 1.74. The largest absolute Gasteiger partial charge is 0.217 e. The van der Waals surface area contributed by atoms with Gasteiger partial charge in [0.1, 0.15) is 11.5 Å². The number of halogens is 2. The minimum absolute atomic E-state index is 0.284. The zero-order valence-electron chi connectivity index (χ0n) is 9.53. The van der Waals surface area contributed by atoms with Crippen molar-refractivity contribution < 1.29 is 4.39 Å². The number of rotatable bonds is 4. The van der Waals surface area contributed by atoms with Gasteiger partial charge in [-0.2, -0.15) is 0 Å². The Labute approximate surface area is 104 Å². The van der Waals surface area contributed by atoms with Gasteiger partial charge in [-0.1, -0.05) is 24.6 Å². The van der Waals surface area contributed by atoms with Gasteiger partial charge in [0.2, 0.25) is 0 Å². The maximum atomic E-state index is 13.2. The van der Waals surface area contributed by atoms with E-state index in [9.17, 15) is 4.39 Å². The molecule has 0 amide bonds. The highest BCUT2D eigenvalue weighted by molar-refractivity contribution is 6.16. The van der Waals surface area contributed by atoms with Crippen LogP contribution in [-0.2, 0) is 12.3 Å². The van der Waals surface area contributed by atoms with Crippen LogP contribution in [0.2, 0.25) is 0 Å². The first kappa shape index (κ1) is 12.0. The van der Waals surface area contributed by atoms with E-state index in [0.29, 0.717) is 11.6 Å². The van der Waals surface area contributed by atoms with Crippen LogP contribution in [0.4, 0.5) is 4.39 Å². The summed E-state index contributed by atoms with van der Waals surface area (Å²) in [5.74, 6) is 0.0397. The molecule has 1 aromatic carbocycles. The Morgan fingerprint density at radius 2 is 2.24 bits per heavy atom. The molecule has 3 nitrogen and oxygen atoms in total. The molecule has 0 aliphatic rings. The van der Waals surface area contributed by atoms with Gasteiger partial charge in [0.15, 0.2) is 0 Å². The van der Waals surface area contributed by atoms with Gasteiger partial charge in [-0.05, 0) is 24.6 Å². The summed E-state index contributed by atoms with van der Waals surface area (Å²) in [4.78, 5) is 0. The van der Waals surface area contributed by atoms with Crippen molar-refractivity contribution in [1.82, 2.24) is 15.0 Å². The second kappa shape index (κ2) is 5.27. The zero-order valence-corrected chi connectivity index (χ0v) is 10.3. The summed E-state index contributed by atoms with van der Waals surface area (Å²) in [7, 11) is 0. The molecule has 0 atom stereocenters. The molecular weight excluding hydrogens is 241 g/mol. The molecule has 0 saturated heterocycles. The molecule has 90 valence electrons. The first-order chi connectivity index (χ1) is 8.26. The van der Waals surface area contributed by atoms with Crippen LogP contribution >= 0.6 is 11.6 Å². The van der Waals surface area contributed by atoms with E-state index >= 15 is 0 Å². The third-order valence-electron chi connectivity index (χ3n) is 2.51. The predicted octanol–water partition coefficient (Wildman–Crippen LogP) is 3.10. The SMILES string of the molecule is CCCc1c(CCl)nnn1-c1cccc(F)c1. The molecule has 0 N–H and O–H groups in total. The molecule has 5 heteroatoms. The van der Waals surface area contributed by atoms with Crippen molar-refractivity contribution in [2.45, 2.75) is 25.6 Å². The van der Waals surface area contributed by atoms with Crippen molar-refractivity contribution in [3.05, 3.63) is 41.5 Å². The molecule has 0 aliphatic heterocycles. The normalized spacial score (nSPS) is 10.8. The predicted molar refractivity (Wildman–Crippen MR) is 64.9 cm³/mol. The lowest BCUT2D eigenvalue weighted by molar-refractivity contribution is 0.623.